The van der Waals surface area contributed by atoms with E-state index >= 15 is 0 Å². The van der Waals surface area contributed by atoms with Gasteiger partial charge in [0, 0.05) is 18.3 Å². The first kappa shape index (κ1) is 11.8. The topological polar surface area (TPSA) is 46.2 Å². The van der Waals surface area contributed by atoms with Crippen LogP contribution < -0.4 is 5.32 Å². The Morgan fingerprint density at radius 1 is 1.24 bits per heavy atom. The molecule has 1 heterocycles. The van der Waals surface area contributed by atoms with Crippen molar-refractivity contribution < 1.29 is 9.59 Å². The number of hydrogen-bond acceptors (Lipinski definition) is 2. The van der Waals surface area contributed by atoms with Gasteiger partial charge in [-0.3, -0.25) is 14.9 Å². The third kappa shape index (κ3) is 2.38. The van der Waals surface area contributed by atoms with E-state index < -0.39 is 0 Å². The molecule has 1 fully saturated rings. The molecule has 0 spiro atoms. The number of carbonyl (C=O) groups excluding carboxylic acids is 2. The fourth-order valence-corrected chi connectivity index (χ4v) is 2.44. The maximum atomic E-state index is 11.8. The third-order valence-electron chi connectivity index (χ3n) is 3.44. The summed E-state index contributed by atoms with van der Waals surface area (Å²) in [6.07, 6.45) is 1.17. The Bertz CT molecular complexity index is 436. The number of nitrogens with one attached hydrogen (secondary N) is 1. The van der Waals surface area contributed by atoms with Gasteiger partial charge in [-0.1, -0.05) is 36.8 Å². The average molecular weight is 231 g/mol. The molecule has 1 aliphatic heterocycles. The van der Waals surface area contributed by atoms with Crippen molar-refractivity contribution >= 4 is 11.8 Å². The summed E-state index contributed by atoms with van der Waals surface area (Å²) in [5, 5.41) is 2.41. The lowest BCUT2D eigenvalue weighted by Gasteiger charge is -2.29. The van der Waals surface area contributed by atoms with E-state index in [1.54, 1.807) is 0 Å². The molecule has 17 heavy (non-hydrogen) atoms. The van der Waals surface area contributed by atoms with E-state index in [0.29, 0.717) is 6.42 Å². The molecule has 1 aromatic rings. The normalized spacial score (nSPS) is 24.6. The molecule has 3 nitrogen and oxygen atoms in total. The van der Waals surface area contributed by atoms with E-state index in [4.69, 9.17) is 0 Å². The van der Waals surface area contributed by atoms with Crippen LogP contribution in [0.3, 0.4) is 0 Å². The van der Waals surface area contributed by atoms with Crippen LogP contribution in [0, 0.1) is 12.8 Å². The fourth-order valence-electron chi connectivity index (χ4n) is 2.44. The van der Waals surface area contributed by atoms with Crippen LogP contribution in [-0.4, -0.2) is 11.8 Å². The lowest BCUT2D eigenvalue weighted by molar-refractivity contribution is -0.137. The Morgan fingerprint density at radius 2 is 1.88 bits per heavy atom. The maximum absolute atomic E-state index is 11.8. The molecule has 90 valence electrons. The standard InChI is InChI=1S/C14H17NO2/c1-3-11-12(8-13(16)15-14(11)17)10-6-4-9(2)5-7-10/h4-7,11-12H,3,8H2,1-2H3,(H,15,16,17). The lowest BCUT2D eigenvalue weighted by atomic mass is 9.79. The smallest absolute Gasteiger partial charge is 0.230 e. The van der Waals surface area contributed by atoms with Gasteiger partial charge in [0.25, 0.3) is 0 Å². The van der Waals surface area contributed by atoms with Crippen molar-refractivity contribution in [2.24, 2.45) is 5.92 Å². The van der Waals surface area contributed by atoms with E-state index in [2.05, 4.69) is 5.32 Å². The summed E-state index contributed by atoms with van der Waals surface area (Å²) in [4.78, 5) is 23.2. The number of benzene rings is 1. The van der Waals surface area contributed by atoms with Crippen molar-refractivity contribution in [1.82, 2.24) is 5.32 Å². The van der Waals surface area contributed by atoms with Crippen LogP contribution in [0.5, 0.6) is 0 Å². The minimum Gasteiger partial charge on any atom is -0.296 e. The Balaban J connectivity index is 2.30. The number of imide groups is 1. The first-order valence-corrected chi connectivity index (χ1v) is 6.02. The van der Waals surface area contributed by atoms with Gasteiger partial charge >= 0.3 is 0 Å². The van der Waals surface area contributed by atoms with Gasteiger partial charge in [-0.25, -0.2) is 0 Å². The van der Waals surface area contributed by atoms with E-state index in [9.17, 15) is 9.59 Å². The molecule has 1 aromatic carbocycles. The van der Waals surface area contributed by atoms with Gasteiger partial charge in [0.1, 0.15) is 0 Å². The van der Waals surface area contributed by atoms with Gasteiger partial charge in [-0.05, 0) is 18.9 Å². The van der Waals surface area contributed by atoms with Crippen LogP contribution >= 0.6 is 0 Å². The van der Waals surface area contributed by atoms with E-state index in [1.165, 1.54) is 5.56 Å². The molecule has 1 N–H and O–H groups in total. The van der Waals surface area contributed by atoms with Crippen LogP contribution in [0.1, 0.15) is 36.8 Å². The Labute approximate surface area is 101 Å². The number of carbonyl (C=O) groups is 2. The Hall–Kier alpha value is -1.64. The second-order valence-electron chi connectivity index (χ2n) is 4.65. The number of hydrogen-bond donors (Lipinski definition) is 1. The molecular formula is C14H17NO2. The molecule has 1 aliphatic rings. The molecule has 2 amide bonds. The summed E-state index contributed by atoms with van der Waals surface area (Å²) in [6, 6.07) is 8.10. The first-order valence-electron chi connectivity index (χ1n) is 6.02. The highest BCUT2D eigenvalue weighted by Gasteiger charge is 2.35. The number of piperidine rings is 1. The highest BCUT2D eigenvalue weighted by atomic mass is 16.2. The summed E-state index contributed by atoms with van der Waals surface area (Å²) >= 11 is 0. The van der Waals surface area contributed by atoms with Crippen molar-refractivity contribution in [3.63, 3.8) is 0 Å². The number of amides is 2. The highest BCUT2D eigenvalue weighted by Crippen LogP contribution is 2.33. The van der Waals surface area contributed by atoms with Crippen LogP contribution in [0.4, 0.5) is 0 Å². The molecule has 2 rings (SSSR count). The Kier molecular flexibility index (Phi) is 3.27. The summed E-state index contributed by atoms with van der Waals surface area (Å²) in [7, 11) is 0. The summed E-state index contributed by atoms with van der Waals surface area (Å²) in [5.74, 6) is -0.350. The third-order valence-corrected chi connectivity index (χ3v) is 3.44. The van der Waals surface area contributed by atoms with Gasteiger partial charge < -0.3 is 0 Å². The number of rotatable bonds is 2. The zero-order chi connectivity index (χ0) is 12.4. The SMILES string of the molecule is CCC1C(=O)NC(=O)CC1c1ccc(C)cc1. The predicted molar refractivity (Wildman–Crippen MR) is 65.5 cm³/mol. The monoisotopic (exact) mass is 231 g/mol. The molecule has 2 atom stereocenters. The Morgan fingerprint density at radius 3 is 2.47 bits per heavy atom. The zero-order valence-corrected chi connectivity index (χ0v) is 10.2. The second kappa shape index (κ2) is 4.70. The average Bonchev–Trinajstić information content (AvgIpc) is 2.29. The van der Waals surface area contributed by atoms with Crippen LogP contribution in [0.15, 0.2) is 24.3 Å². The highest BCUT2D eigenvalue weighted by molar-refractivity contribution is 5.99. The van der Waals surface area contributed by atoms with Crippen molar-refractivity contribution in [2.75, 3.05) is 0 Å². The van der Waals surface area contributed by atoms with Gasteiger partial charge in [-0.15, -0.1) is 0 Å². The number of aryl methyl sites for hydroxylation is 1. The predicted octanol–water partition coefficient (Wildman–Crippen LogP) is 2.15. The molecule has 2 unspecified atom stereocenters. The largest absolute Gasteiger partial charge is 0.296 e. The molecular weight excluding hydrogens is 214 g/mol. The quantitative estimate of drug-likeness (QED) is 0.793. The van der Waals surface area contributed by atoms with Gasteiger partial charge in [-0.2, -0.15) is 0 Å². The molecule has 0 saturated carbocycles. The first-order chi connectivity index (χ1) is 8.11. The molecule has 1 saturated heterocycles. The minimum absolute atomic E-state index is 0.0295. The van der Waals surface area contributed by atoms with E-state index in [1.807, 2.05) is 38.1 Å². The fraction of sp³-hybridized carbons (Fsp3) is 0.429. The molecule has 0 aromatic heterocycles. The minimum atomic E-state index is -0.162. The van der Waals surface area contributed by atoms with Crippen molar-refractivity contribution in [1.29, 1.82) is 0 Å². The van der Waals surface area contributed by atoms with Gasteiger partial charge in [0.2, 0.25) is 11.8 Å². The van der Waals surface area contributed by atoms with Crippen molar-refractivity contribution in [2.45, 2.75) is 32.6 Å². The second-order valence-corrected chi connectivity index (χ2v) is 4.65. The summed E-state index contributed by atoms with van der Waals surface area (Å²) < 4.78 is 0. The molecule has 0 radical (unpaired) electrons. The van der Waals surface area contributed by atoms with Crippen LogP contribution in [0.25, 0.3) is 0 Å². The summed E-state index contributed by atoms with van der Waals surface area (Å²) in [5.41, 5.74) is 2.28. The molecule has 0 aliphatic carbocycles. The van der Waals surface area contributed by atoms with Gasteiger partial charge in [0.15, 0.2) is 0 Å². The van der Waals surface area contributed by atoms with Crippen LogP contribution in [-0.2, 0) is 9.59 Å². The van der Waals surface area contributed by atoms with E-state index in [0.717, 1.165) is 12.0 Å². The van der Waals surface area contributed by atoms with Crippen molar-refractivity contribution in [3.05, 3.63) is 35.4 Å². The van der Waals surface area contributed by atoms with Gasteiger partial charge in [0.05, 0.1) is 0 Å². The van der Waals surface area contributed by atoms with Crippen molar-refractivity contribution in [3.8, 4) is 0 Å². The molecule has 3 heteroatoms. The zero-order valence-electron chi connectivity index (χ0n) is 10.2. The van der Waals surface area contributed by atoms with E-state index in [-0.39, 0.29) is 23.7 Å². The maximum Gasteiger partial charge on any atom is 0.230 e. The molecule has 0 bridgehead atoms. The lowest BCUT2D eigenvalue weighted by Crippen LogP contribution is -2.44. The van der Waals surface area contributed by atoms with Crippen LogP contribution in [0.2, 0.25) is 0 Å². The summed E-state index contributed by atoms with van der Waals surface area (Å²) in [6.45, 7) is 4.01.